The largest absolute Gasteiger partial charge is 0.433 e. The van der Waals surface area contributed by atoms with E-state index in [1.807, 2.05) is 6.92 Å². The molecule has 1 aliphatic rings. The summed E-state index contributed by atoms with van der Waals surface area (Å²) in [6.45, 7) is 4.34. The lowest BCUT2D eigenvalue weighted by atomic mass is 10.0. The van der Waals surface area contributed by atoms with E-state index in [9.17, 15) is 13.2 Å². The maximum atomic E-state index is 12.7. The Morgan fingerprint density at radius 1 is 1.29 bits per heavy atom. The van der Waals surface area contributed by atoms with Gasteiger partial charge in [-0.1, -0.05) is 5.16 Å². The zero-order chi connectivity index (χ0) is 17.2. The van der Waals surface area contributed by atoms with Crippen LogP contribution in [0.1, 0.15) is 29.9 Å². The minimum absolute atomic E-state index is 0.0980. The van der Waals surface area contributed by atoms with Crippen LogP contribution in [-0.2, 0) is 12.7 Å². The molecule has 0 spiro atoms. The standard InChI is InChI=1S/C15H18F3N5O/c1-10-11(7-21-24-10)8-23-4-2-12(3-5-23)22-14-6-13(15(16,17)18)19-9-20-14/h6-7,9,12H,2-5,8H2,1H3,(H,19,20,22). The number of nitrogens with one attached hydrogen (secondary N) is 1. The van der Waals surface area contributed by atoms with Crippen LogP contribution in [0.3, 0.4) is 0 Å². The van der Waals surface area contributed by atoms with E-state index in [0.717, 1.165) is 56.2 Å². The molecular weight excluding hydrogens is 323 g/mol. The number of aromatic nitrogens is 3. The van der Waals surface area contributed by atoms with Gasteiger partial charge in [0.2, 0.25) is 0 Å². The van der Waals surface area contributed by atoms with Gasteiger partial charge in [-0.15, -0.1) is 0 Å². The lowest BCUT2D eigenvalue weighted by molar-refractivity contribution is -0.141. The van der Waals surface area contributed by atoms with Gasteiger partial charge in [-0.2, -0.15) is 13.2 Å². The molecule has 1 fully saturated rings. The van der Waals surface area contributed by atoms with Gasteiger partial charge in [-0.25, -0.2) is 9.97 Å². The lowest BCUT2D eigenvalue weighted by Crippen LogP contribution is -2.38. The van der Waals surface area contributed by atoms with Crippen LogP contribution in [-0.4, -0.2) is 39.2 Å². The van der Waals surface area contributed by atoms with Crippen LogP contribution < -0.4 is 5.32 Å². The normalized spacial score (nSPS) is 17.2. The molecule has 0 radical (unpaired) electrons. The number of anilines is 1. The molecule has 3 rings (SSSR count). The highest BCUT2D eigenvalue weighted by Crippen LogP contribution is 2.28. The smallest absolute Gasteiger partial charge is 0.367 e. The molecule has 0 amide bonds. The Kier molecular flexibility index (Phi) is 4.70. The highest BCUT2D eigenvalue weighted by Gasteiger charge is 2.33. The lowest BCUT2D eigenvalue weighted by Gasteiger charge is -2.32. The second kappa shape index (κ2) is 6.76. The van der Waals surface area contributed by atoms with Gasteiger partial charge in [-0.3, -0.25) is 4.90 Å². The topological polar surface area (TPSA) is 67.1 Å². The van der Waals surface area contributed by atoms with Gasteiger partial charge in [0.1, 0.15) is 23.6 Å². The number of piperidine rings is 1. The van der Waals surface area contributed by atoms with E-state index in [0.29, 0.717) is 0 Å². The number of likely N-dealkylation sites (tertiary alicyclic amines) is 1. The van der Waals surface area contributed by atoms with E-state index in [-0.39, 0.29) is 11.9 Å². The van der Waals surface area contributed by atoms with E-state index in [4.69, 9.17) is 4.52 Å². The van der Waals surface area contributed by atoms with Crippen LogP contribution in [0.5, 0.6) is 0 Å². The first-order valence-electron chi connectivity index (χ1n) is 7.70. The first-order chi connectivity index (χ1) is 11.4. The van der Waals surface area contributed by atoms with Crippen molar-refractivity contribution in [1.29, 1.82) is 0 Å². The van der Waals surface area contributed by atoms with Crippen LogP contribution >= 0.6 is 0 Å². The summed E-state index contributed by atoms with van der Waals surface area (Å²) in [6.07, 6.45) is -0.140. The van der Waals surface area contributed by atoms with Crippen molar-refractivity contribution >= 4 is 5.82 Å². The minimum Gasteiger partial charge on any atom is -0.367 e. The summed E-state index contributed by atoms with van der Waals surface area (Å²) in [5.74, 6) is 1.03. The Morgan fingerprint density at radius 2 is 2.04 bits per heavy atom. The van der Waals surface area contributed by atoms with Crippen molar-refractivity contribution in [1.82, 2.24) is 20.0 Å². The Morgan fingerprint density at radius 3 is 2.67 bits per heavy atom. The zero-order valence-corrected chi connectivity index (χ0v) is 13.2. The number of rotatable bonds is 4. The van der Waals surface area contributed by atoms with E-state index in [2.05, 4.69) is 25.3 Å². The fraction of sp³-hybridized carbons (Fsp3) is 0.533. The maximum absolute atomic E-state index is 12.7. The third-order valence-electron chi connectivity index (χ3n) is 4.14. The Balaban J connectivity index is 1.53. The molecule has 0 atom stereocenters. The molecule has 0 saturated carbocycles. The van der Waals surface area contributed by atoms with Gasteiger partial charge in [0.15, 0.2) is 0 Å². The summed E-state index contributed by atoms with van der Waals surface area (Å²) < 4.78 is 43.1. The molecule has 1 aliphatic heterocycles. The van der Waals surface area contributed by atoms with Crippen LogP contribution in [0.4, 0.5) is 19.0 Å². The number of alkyl halides is 3. The van der Waals surface area contributed by atoms with Crippen molar-refractivity contribution in [3.05, 3.63) is 35.6 Å². The molecule has 3 heterocycles. The van der Waals surface area contributed by atoms with Crippen LogP contribution in [0, 0.1) is 6.92 Å². The number of nitrogens with zero attached hydrogens (tertiary/aromatic N) is 4. The van der Waals surface area contributed by atoms with E-state index < -0.39 is 11.9 Å². The fourth-order valence-corrected chi connectivity index (χ4v) is 2.75. The fourth-order valence-electron chi connectivity index (χ4n) is 2.75. The van der Waals surface area contributed by atoms with Crippen molar-refractivity contribution in [2.75, 3.05) is 18.4 Å². The predicted molar refractivity (Wildman–Crippen MR) is 80.2 cm³/mol. The van der Waals surface area contributed by atoms with Gasteiger partial charge in [0.05, 0.1) is 6.20 Å². The van der Waals surface area contributed by atoms with Gasteiger partial charge >= 0.3 is 6.18 Å². The summed E-state index contributed by atoms with van der Waals surface area (Å²) >= 11 is 0. The predicted octanol–water partition coefficient (Wildman–Crippen LogP) is 2.87. The van der Waals surface area contributed by atoms with Crippen molar-refractivity contribution < 1.29 is 17.7 Å². The Hall–Kier alpha value is -2.16. The Labute approximate surface area is 137 Å². The summed E-state index contributed by atoms with van der Waals surface area (Å²) in [5.41, 5.74) is 0.132. The molecule has 2 aromatic heterocycles. The molecule has 0 aromatic carbocycles. The number of aryl methyl sites for hydroxylation is 1. The molecule has 0 bridgehead atoms. The molecule has 1 saturated heterocycles. The number of hydrogen-bond donors (Lipinski definition) is 1. The van der Waals surface area contributed by atoms with Gasteiger partial charge in [-0.05, 0) is 19.8 Å². The van der Waals surface area contributed by atoms with Gasteiger partial charge < -0.3 is 9.84 Å². The molecule has 6 nitrogen and oxygen atoms in total. The van der Waals surface area contributed by atoms with Crippen molar-refractivity contribution in [2.24, 2.45) is 0 Å². The molecule has 130 valence electrons. The first-order valence-corrected chi connectivity index (χ1v) is 7.70. The Bertz CT molecular complexity index is 680. The van der Waals surface area contributed by atoms with E-state index in [1.165, 1.54) is 0 Å². The molecule has 0 unspecified atom stereocenters. The first kappa shape index (κ1) is 16.7. The highest BCUT2D eigenvalue weighted by molar-refractivity contribution is 5.36. The van der Waals surface area contributed by atoms with E-state index >= 15 is 0 Å². The van der Waals surface area contributed by atoms with Gasteiger partial charge in [0, 0.05) is 37.3 Å². The highest BCUT2D eigenvalue weighted by atomic mass is 19.4. The SMILES string of the molecule is Cc1oncc1CN1CCC(Nc2cc(C(F)(F)F)ncn2)CC1. The number of hydrogen-bond acceptors (Lipinski definition) is 6. The van der Waals surface area contributed by atoms with Gasteiger partial charge in [0.25, 0.3) is 0 Å². The van der Waals surface area contributed by atoms with Crippen LogP contribution in [0.25, 0.3) is 0 Å². The third-order valence-corrected chi connectivity index (χ3v) is 4.14. The summed E-state index contributed by atoms with van der Waals surface area (Å²) in [6, 6.07) is 1.05. The maximum Gasteiger partial charge on any atom is 0.433 e. The van der Waals surface area contributed by atoms with Crippen molar-refractivity contribution in [3.8, 4) is 0 Å². The minimum atomic E-state index is -4.46. The van der Waals surface area contributed by atoms with Crippen LogP contribution in [0.15, 0.2) is 23.1 Å². The summed E-state index contributed by atoms with van der Waals surface area (Å²) in [4.78, 5) is 9.43. The monoisotopic (exact) mass is 341 g/mol. The summed E-state index contributed by atoms with van der Waals surface area (Å²) in [5, 5.41) is 6.84. The molecular formula is C15H18F3N5O. The third kappa shape index (κ3) is 4.02. The molecule has 24 heavy (non-hydrogen) atoms. The average Bonchev–Trinajstić information content (AvgIpc) is 2.94. The number of halogens is 3. The van der Waals surface area contributed by atoms with Crippen LogP contribution in [0.2, 0.25) is 0 Å². The zero-order valence-electron chi connectivity index (χ0n) is 13.2. The quantitative estimate of drug-likeness (QED) is 0.922. The molecule has 0 aliphatic carbocycles. The van der Waals surface area contributed by atoms with Crippen molar-refractivity contribution in [2.45, 2.75) is 38.5 Å². The molecule has 1 N–H and O–H groups in total. The second-order valence-corrected chi connectivity index (χ2v) is 5.89. The molecule has 2 aromatic rings. The van der Waals surface area contributed by atoms with Crippen molar-refractivity contribution in [3.63, 3.8) is 0 Å². The molecule has 9 heteroatoms. The average molecular weight is 341 g/mol. The van der Waals surface area contributed by atoms with E-state index in [1.54, 1.807) is 6.20 Å². The summed E-state index contributed by atoms with van der Waals surface area (Å²) in [7, 11) is 0. The second-order valence-electron chi connectivity index (χ2n) is 5.89.